The van der Waals surface area contributed by atoms with Gasteiger partial charge in [0.1, 0.15) is 12.1 Å². The van der Waals surface area contributed by atoms with Gasteiger partial charge in [-0.05, 0) is 56.5 Å². The number of methoxy groups -OCH3 is 1. The summed E-state index contributed by atoms with van der Waals surface area (Å²) in [6.07, 6.45) is 5.25. The highest BCUT2D eigenvalue weighted by molar-refractivity contribution is 5.29. The number of hydrogen-bond donors (Lipinski definition) is 0. The highest BCUT2D eigenvalue weighted by Gasteiger charge is 2.25. The first-order chi connectivity index (χ1) is 10.7. The van der Waals surface area contributed by atoms with E-state index in [0.717, 1.165) is 36.6 Å². The topological polar surface area (TPSA) is 38.2 Å². The minimum Gasteiger partial charge on any atom is -0.497 e. The van der Waals surface area contributed by atoms with Crippen molar-refractivity contribution in [3.63, 3.8) is 0 Å². The van der Waals surface area contributed by atoms with Gasteiger partial charge in [-0.15, -0.1) is 0 Å². The van der Waals surface area contributed by atoms with Gasteiger partial charge in [-0.25, -0.2) is 9.97 Å². The Morgan fingerprint density at radius 2 is 2.18 bits per heavy atom. The Labute approximate surface area is 132 Å². The van der Waals surface area contributed by atoms with Crippen LogP contribution in [0.3, 0.4) is 0 Å². The molecule has 1 aromatic carbocycles. The van der Waals surface area contributed by atoms with E-state index in [2.05, 4.69) is 39.1 Å². The van der Waals surface area contributed by atoms with Crippen LogP contribution in [0.25, 0.3) is 0 Å². The highest BCUT2D eigenvalue weighted by Crippen LogP contribution is 2.24. The van der Waals surface area contributed by atoms with Crippen LogP contribution in [0.4, 0.5) is 0 Å². The molecule has 4 nitrogen and oxygen atoms in total. The standard InChI is InChI=1S/C18H23N3O/c1-14-9-16(20-13-19-14)12-21-8-4-6-17(21)10-15-5-3-7-18(11-15)22-2/h3,5,7,9,11,13,17H,4,6,8,10,12H2,1-2H3. The second-order valence-electron chi connectivity index (χ2n) is 5.97. The van der Waals surface area contributed by atoms with E-state index in [1.165, 1.54) is 18.4 Å². The molecule has 0 spiro atoms. The summed E-state index contributed by atoms with van der Waals surface area (Å²) in [5.41, 5.74) is 3.49. The number of aryl methyl sites for hydroxylation is 1. The van der Waals surface area contributed by atoms with Crippen LogP contribution in [0.1, 0.15) is 29.8 Å². The molecule has 1 aromatic heterocycles. The first kappa shape index (κ1) is 15.0. The van der Waals surface area contributed by atoms with Crippen LogP contribution in [-0.4, -0.2) is 34.6 Å². The Kier molecular flexibility index (Phi) is 4.68. The summed E-state index contributed by atoms with van der Waals surface area (Å²) in [5, 5.41) is 0. The molecule has 0 saturated carbocycles. The maximum Gasteiger partial charge on any atom is 0.119 e. The molecule has 0 amide bonds. The van der Waals surface area contributed by atoms with Crippen molar-refractivity contribution in [2.24, 2.45) is 0 Å². The molecule has 22 heavy (non-hydrogen) atoms. The van der Waals surface area contributed by atoms with Crippen molar-refractivity contribution in [2.45, 2.75) is 38.8 Å². The van der Waals surface area contributed by atoms with E-state index in [-0.39, 0.29) is 0 Å². The summed E-state index contributed by atoms with van der Waals surface area (Å²) < 4.78 is 5.32. The largest absolute Gasteiger partial charge is 0.497 e. The van der Waals surface area contributed by atoms with Crippen molar-refractivity contribution in [3.8, 4) is 5.75 Å². The molecule has 0 bridgehead atoms. The first-order valence-corrected chi connectivity index (χ1v) is 7.89. The lowest BCUT2D eigenvalue weighted by atomic mass is 10.0. The van der Waals surface area contributed by atoms with Crippen LogP contribution in [0.15, 0.2) is 36.7 Å². The smallest absolute Gasteiger partial charge is 0.119 e. The second-order valence-corrected chi connectivity index (χ2v) is 5.97. The van der Waals surface area contributed by atoms with Gasteiger partial charge in [0.05, 0.1) is 12.8 Å². The fraction of sp³-hybridized carbons (Fsp3) is 0.444. The van der Waals surface area contributed by atoms with E-state index in [1.807, 2.05) is 13.0 Å². The molecule has 1 unspecified atom stereocenters. The first-order valence-electron chi connectivity index (χ1n) is 7.89. The number of ether oxygens (including phenoxy) is 1. The molecule has 0 radical (unpaired) electrons. The molecular weight excluding hydrogens is 274 g/mol. The fourth-order valence-electron chi connectivity index (χ4n) is 3.21. The molecule has 2 heterocycles. The van der Waals surface area contributed by atoms with E-state index < -0.39 is 0 Å². The minimum absolute atomic E-state index is 0.586. The van der Waals surface area contributed by atoms with Crippen molar-refractivity contribution in [1.29, 1.82) is 0 Å². The molecule has 1 saturated heterocycles. The Hall–Kier alpha value is -1.94. The van der Waals surface area contributed by atoms with Gasteiger partial charge in [0.2, 0.25) is 0 Å². The number of aromatic nitrogens is 2. The van der Waals surface area contributed by atoms with Gasteiger partial charge >= 0.3 is 0 Å². The zero-order valence-corrected chi connectivity index (χ0v) is 13.3. The van der Waals surface area contributed by atoms with Crippen molar-refractivity contribution in [2.75, 3.05) is 13.7 Å². The molecule has 0 aliphatic carbocycles. The fourth-order valence-corrected chi connectivity index (χ4v) is 3.21. The summed E-state index contributed by atoms with van der Waals surface area (Å²) in [6, 6.07) is 11.1. The van der Waals surface area contributed by atoms with E-state index in [0.29, 0.717) is 6.04 Å². The SMILES string of the molecule is COc1cccc(CC2CCCN2Cc2cc(C)ncn2)c1. The van der Waals surface area contributed by atoms with Gasteiger partial charge < -0.3 is 4.74 Å². The van der Waals surface area contributed by atoms with Crippen LogP contribution >= 0.6 is 0 Å². The zero-order chi connectivity index (χ0) is 15.4. The van der Waals surface area contributed by atoms with Crippen LogP contribution in [0, 0.1) is 6.92 Å². The van der Waals surface area contributed by atoms with Gasteiger partial charge in [0, 0.05) is 18.3 Å². The average molecular weight is 297 g/mol. The normalized spacial score (nSPS) is 18.5. The van der Waals surface area contributed by atoms with Crippen LogP contribution in [0.5, 0.6) is 5.75 Å². The van der Waals surface area contributed by atoms with Crippen LogP contribution in [-0.2, 0) is 13.0 Å². The van der Waals surface area contributed by atoms with E-state index in [1.54, 1.807) is 13.4 Å². The van der Waals surface area contributed by atoms with Gasteiger partial charge in [-0.1, -0.05) is 12.1 Å². The number of benzene rings is 1. The Morgan fingerprint density at radius 3 is 3.00 bits per heavy atom. The van der Waals surface area contributed by atoms with Gasteiger partial charge in [-0.3, -0.25) is 4.90 Å². The highest BCUT2D eigenvalue weighted by atomic mass is 16.5. The minimum atomic E-state index is 0.586. The van der Waals surface area contributed by atoms with Gasteiger partial charge in [-0.2, -0.15) is 0 Å². The maximum atomic E-state index is 5.32. The third kappa shape index (κ3) is 3.63. The third-order valence-corrected chi connectivity index (χ3v) is 4.33. The van der Waals surface area contributed by atoms with Crippen molar-refractivity contribution in [3.05, 3.63) is 53.6 Å². The number of likely N-dealkylation sites (tertiary alicyclic amines) is 1. The number of rotatable bonds is 5. The molecule has 2 aromatic rings. The molecule has 116 valence electrons. The summed E-state index contributed by atoms with van der Waals surface area (Å²) in [4.78, 5) is 11.1. The predicted octanol–water partition coefficient (Wildman–Crippen LogP) is 3.00. The number of hydrogen-bond acceptors (Lipinski definition) is 4. The predicted molar refractivity (Wildman–Crippen MR) is 86.9 cm³/mol. The molecule has 1 fully saturated rings. The van der Waals surface area contributed by atoms with E-state index in [9.17, 15) is 0 Å². The molecule has 3 rings (SSSR count). The lowest BCUT2D eigenvalue weighted by molar-refractivity contribution is 0.241. The quantitative estimate of drug-likeness (QED) is 0.850. The monoisotopic (exact) mass is 297 g/mol. The lowest BCUT2D eigenvalue weighted by Crippen LogP contribution is -2.31. The van der Waals surface area contributed by atoms with Crippen molar-refractivity contribution in [1.82, 2.24) is 14.9 Å². The third-order valence-electron chi connectivity index (χ3n) is 4.33. The Morgan fingerprint density at radius 1 is 1.27 bits per heavy atom. The van der Waals surface area contributed by atoms with Crippen LogP contribution < -0.4 is 4.74 Å². The number of nitrogens with zero attached hydrogens (tertiary/aromatic N) is 3. The lowest BCUT2D eigenvalue weighted by Gasteiger charge is -2.24. The van der Waals surface area contributed by atoms with Gasteiger partial charge in [0.25, 0.3) is 0 Å². The Balaban J connectivity index is 1.67. The van der Waals surface area contributed by atoms with Crippen LogP contribution in [0.2, 0.25) is 0 Å². The molecule has 1 aliphatic heterocycles. The van der Waals surface area contributed by atoms with Gasteiger partial charge in [0.15, 0.2) is 0 Å². The average Bonchev–Trinajstić information content (AvgIpc) is 2.94. The summed E-state index contributed by atoms with van der Waals surface area (Å²) >= 11 is 0. The summed E-state index contributed by atoms with van der Waals surface area (Å²) in [5.74, 6) is 0.938. The van der Waals surface area contributed by atoms with Crippen molar-refractivity contribution < 1.29 is 4.74 Å². The molecular formula is C18H23N3O. The molecule has 0 N–H and O–H groups in total. The maximum absolute atomic E-state index is 5.32. The molecule has 1 aliphatic rings. The second kappa shape index (κ2) is 6.88. The zero-order valence-electron chi connectivity index (χ0n) is 13.3. The molecule has 4 heteroatoms. The van der Waals surface area contributed by atoms with E-state index >= 15 is 0 Å². The summed E-state index contributed by atoms with van der Waals surface area (Å²) in [6.45, 7) is 4.08. The van der Waals surface area contributed by atoms with Crippen molar-refractivity contribution >= 4 is 0 Å². The molecule has 1 atom stereocenters. The Bertz CT molecular complexity index is 629. The van der Waals surface area contributed by atoms with E-state index in [4.69, 9.17) is 4.74 Å². The summed E-state index contributed by atoms with van der Waals surface area (Å²) in [7, 11) is 1.72.